The summed E-state index contributed by atoms with van der Waals surface area (Å²) in [6.45, 7) is 5.91. The van der Waals surface area contributed by atoms with Crippen molar-refractivity contribution in [2.75, 3.05) is 5.32 Å². The van der Waals surface area contributed by atoms with Crippen LogP contribution in [0.5, 0.6) is 5.75 Å². The van der Waals surface area contributed by atoms with Crippen molar-refractivity contribution < 1.29 is 24.5 Å². The number of anilines is 1. The first-order valence-electron chi connectivity index (χ1n) is 11.7. The van der Waals surface area contributed by atoms with Crippen molar-refractivity contribution in [2.45, 2.75) is 50.5 Å². The van der Waals surface area contributed by atoms with Crippen LogP contribution >= 0.6 is 0 Å². The molecule has 35 heavy (non-hydrogen) atoms. The van der Waals surface area contributed by atoms with E-state index >= 15 is 0 Å². The van der Waals surface area contributed by atoms with Crippen molar-refractivity contribution in [3.05, 3.63) is 69.8 Å². The van der Waals surface area contributed by atoms with E-state index in [9.17, 15) is 19.8 Å². The fourth-order valence-corrected chi connectivity index (χ4v) is 5.95. The minimum atomic E-state index is -1.32. The molecule has 2 heterocycles. The van der Waals surface area contributed by atoms with Gasteiger partial charge in [-0.15, -0.1) is 0 Å². The molecule has 1 saturated heterocycles. The Bertz CT molecular complexity index is 1510. The summed E-state index contributed by atoms with van der Waals surface area (Å²) in [5, 5.41) is 25.8. The van der Waals surface area contributed by atoms with Crippen LogP contribution in [0.2, 0.25) is 0 Å². The molecule has 1 fully saturated rings. The van der Waals surface area contributed by atoms with Gasteiger partial charge in [0, 0.05) is 16.7 Å². The molecule has 0 radical (unpaired) electrons. The van der Waals surface area contributed by atoms with Crippen molar-refractivity contribution in [1.29, 1.82) is 0 Å². The molecular weight excluding hydrogens is 442 g/mol. The van der Waals surface area contributed by atoms with E-state index in [0.717, 1.165) is 5.56 Å². The highest BCUT2D eigenvalue weighted by Crippen LogP contribution is 2.68. The number of epoxide rings is 1. The highest BCUT2D eigenvalue weighted by atomic mass is 16.6. The Morgan fingerprint density at radius 2 is 1.77 bits per heavy atom. The number of carbonyl (C=O) groups excluding carboxylic acids is 2. The van der Waals surface area contributed by atoms with E-state index in [1.54, 1.807) is 24.3 Å². The Hall–Kier alpha value is -3.84. The van der Waals surface area contributed by atoms with E-state index < -0.39 is 29.1 Å². The maximum atomic E-state index is 13.8. The lowest BCUT2D eigenvalue weighted by Gasteiger charge is -2.38. The van der Waals surface area contributed by atoms with Gasteiger partial charge in [0.05, 0.1) is 16.8 Å². The summed E-state index contributed by atoms with van der Waals surface area (Å²) in [4.78, 5) is 27.3. The summed E-state index contributed by atoms with van der Waals surface area (Å²) in [6, 6.07) is 6.06. The first-order valence-corrected chi connectivity index (χ1v) is 11.7. The van der Waals surface area contributed by atoms with Crippen molar-refractivity contribution in [2.24, 2.45) is 5.92 Å². The van der Waals surface area contributed by atoms with Crippen LogP contribution in [0.1, 0.15) is 63.7 Å². The number of hydrogen-bond donors (Lipinski definition) is 3. The fourth-order valence-electron chi connectivity index (χ4n) is 5.95. The molecule has 4 atom stereocenters. The number of benzene rings is 2. The average molecular weight is 466 g/mol. The number of aliphatic hydroxyl groups excluding tert-OH is 1. The van der Waals surface area contributed by atoms with E-state index in [2.05, 4.69) is 29.0 Å². The summed E-state index contributed by atoms with van der Waals surface area (Å²) in [6.07, 6.45) is 2.62. The van der Waals surface area contributed by atoms with Crippen molar-refractivity contribution in [1.82, 2.24) is 0 Å². The van der Waals surface area contributed by atoms with Gasteiger partial charge in [-0.25, -0.2) is 0 Å². The molecule has 0 spiro atoms. The zero-order valence-corrected chi connectivity index (χ0v) is 19.5. The van der Waals surface area contributed by atoms with Crippen molar-refractivity contribution in [3.8, 4) is 29.4 Å². The number of hydrogen-bond acceptors (Lipinski definition) is 6. The van der Waals surface area contributed by atoms with Gasteiger partial charge in [0.15, 0.2) is 23.3 Å². The Morgan fingerprint density at radius 3 is 2.49 bits per heavy atom. The van der Waals surface area contributed by atoms with Crippen LogP contribution in [-0.4, -0.2) is 39.5 Å². The number of nitrogens with one attached hydrogen (secondary N) is 1. The van der Waals surface area contributed by atoms with Gasteiger partial charge in [-0.05, 0) is 42.2 Å². The van der Waals surface area contributed by atoms with Gasteiger partial charge in [-0.1, -0.05) is 56.6 Å². The summed E-state index contributed by atoms with van der Waals surface area (Å²) in [5.41, 5.74) is 0.0143. The molecule has 0 saturated carbocycles. The highest BCUT2D eigenvalue weighted by Gasteiger charge is 2.81. The van der Waals surface area contributed by atoms with Gasteiger partial charge in [0.2, 0.25) is 0 Å². The second kappa shape index (κ2) is 7.09. The average Bonchev–Trinajstić information content (AvgIpc) is 3.57. The smallest absolute Gasteiger partial charge is 0.198 e. The standard InChI is InChI=1S/C29H23NO5/c1-4-16-11-12-17-18(13-16)27(34)23-20(31)14-19-25(24(23)26(17)33)30-21-9-7-5-6-8-10-22(32)29(19)28(21,35-29)15(2)3/h5-6,11-15,21-22,30-32H,4H2,1-3H3/b6-5-/t21-,22-,28-,29-/m0/s1. The molecule has 6 heteroatoms. The number of aryl methyl sites for hydroxylation is 1. The second-order valence-electron chi connectivity index (χ2n) is 9.64. The zero-order valence-electron chi connectivity index (χ0n) is 19.5. The first-order chi connectivity index (χ1) is 16.8. The summed E-state index contributed by atoms with van der Waals surface area (Å²) >= 11 is 0. The highest BCUT2D eigenvalue weighted by molar-refractivity contribution is 6.31. The molecule has 0 amide bonds. The number of rotatable bonds is 2. The Morgan fingerprint density at radius 1 is 1.06 bits per heavy atom. The Labute approximate surface area is 203 Å². The van der Waals surface area contributed by atoms with Gasteiger partial charge in [-0.2, -0.15) is 0 Å². The molecule has 2 bridgehead atoms. The van der Waals surface area contributed by atoms with Gasteiger partial charge in [0.1, 0.15) is 17.4 Å². The maximum Gasteiger partial charge on any atom is 0.198 e. The third-order valence-electron chi connectivity index (χ3n) is 7.67. The van der Waals surface area contributed by atoms with E-state index in [1.807, 2.05) is 26.8 Å². The molecule has 174 valence electrons. The van der Waals surface area contributed by atoms with Crippen LogP contribution in [0, 0.1) is 29.6 Å². The third-order valence-corrected chi connectivity index (χ3v) is 7.67. The molecule has 0 unspecified atom stereocenters. The molecule has 3 N–H and O–H groups in total. The number of phenols is 1. The number of phenolic OH excluding ortho intramolecular Hbond substituents is 1. The lowest BCUT2D eigenvalue weighted by molar-refractivity contribution is 0.0975. The van der Waals surface area contributed by atoms with Gasteiger partial charge < -0.3 is 20.3 Å². The summed E-state index contributed by atoms with van der Waals surface area (Å²) < 4.78 is 6.40. The topological polar surface area (TPSA) is 99.2 Å². The van der Waals surface area contributed by atoms with Crippen molar-refractivity contribution >= 4 is 17.3 Å². The predicted molar refractivity (Wildman–Crippen MR) is 129 cm³/mol. The fraction of sp³-hybridized carbons (Fsp3) is 0.310. The quantitative estimate of drug-likeness (QED) is 0.306. The number of aromatic hydroxyl groups is 1. The van der Waals surface area contributed by atoms with Crippen molar-refractivity contribution in [3.63, 3.8) is 0 Å². The van der Waals surface area contributed by atoms with Crippen LogP contribution in [0.15, 0.2) is 36.4 Å². The number of fused-ring (bicyclic) bond motifs is 4. The maximum absolute atomic E-state index is 13.8. The molecule has 6 nitrogen and oxygen atoms in total. The van der Waals surface area contributed by atoms with Crippen LogP contribution in [-0.2, 0) is 16.8 Å². The lowest BCUT2D eigenvalue weighted by atomic mass is 9.67. The normalized spacial score (nSPS) is 29.7. The Balaban J connectivity index is 1.66. The third kappa shape index (κ3) is 2.53. The number of ketones is 2. The van der Waals surface area contributed by atoms with Crippen LogP contribution in [0.25, 0.3) is 0 Å². The minimum absolute atomic E-state index is 0.0471. The van der Waals surface area contributed by atoms with Crippen LogP contribution in [0.3, 0.4) is 0 Å². The molecular formula is C29H23NO5. The number of ether oxygens (including phenoxy) is 1. The van der Waals surface area contributed by atoms with E-state index in [-0.39, 0.29) is 39.7 Å². The van der Waals surface area contributed by atoms with E-state index in [1.165, 1.54) is 6.07 Å². The SMILES string of the molecule is CCc1ccc2c(c1)C(=O)c1c(O)cc3c(c1C2=O)N[C@H]1C#C/C=C\C#C[C@H](O)[C@@]32O[C@@]12C(C)C. The van der Waals surface area contributed by atoms with Crippen LogP contribution in [0.4, 0.5) is 5.69 Å². The molecule has 2 aromatic carbocycles. The number of carbonyl (C=O) groups is 2. The molecule has 6 rings (SSSR count). The lowest BCUT2D eigenvalue weighted by Crippen LogP contribution is -2.52. The molecule has 2 aromatic rings. The predicted octanol–water partition coefficient (Wildman–Crippen LogP) is 3.08. The second-order valence-corrected chi connectivity index (χ2v) is 9.64. The van der Waals surface area contributed by atoms with E-state index in [0.29, 0.717) is 17.7 Å². The zero-order chi connectivity index (χ0) is 24.7. The Kier molecular flexibility index (Phi) is 4.39. The molecule has 2 aliphatic heterocycles. The van der Waals surface area contributed by atoms with Gasteiger partial charge in [-0.3, -0.25) is 9.59 Å². The molecule has 2 aliphatic carbocycles. The number of aliphatic hydroxyl groups is 1. The van der Waals surface area contributed by atoms with E-state index in [4.69, 9.17) is 4.74 Å². The summed E-state index contributed by atoms with van der Waals surface area (Å²) in [5.74, 6) is 10.6. The number of allylic oxidation sites excluding steroid dienone is 2. The largest absolute Gasteiger partial charge is 0.507 e. The van der Waals surface area contributed by atoms with Crippen LogP contribution < -0.4 is 5.32 Å². The first kappa shape index (κ1) is 21.7. The summed E-state index contributed by atoms with van der Waals surface area (Å²) in [7, 11) is 0. The molecule has 4 aliphatic rings. The molecule has 0 aromatic heterocycles. The monoisotopic (exact) mass is 465 g/mol. The van der Waals surface area contributed by atoms with Gasteiger partial charge >= 0.3 is 0 Å². The van der Waals surface area contributed by atoms with Gasteiger partial charge in [0.25, 0.3) is 0 Å². The minimum Gasteiger partial charge on any atom is -0.507 e.